The van der Waals surface area contributed by atoms with Crippen molar-refractivity contribution in [2.75, 3.05) is 0 Å². The van der Waals surface area contributed by atoms with Gasteiger partial charge in [0.25, 0.3) is 0 Å². The van der Waals surface area contributed by atoms with Crippen LogP contribution in [0.3, 0.4) is 0 Å². The molecule has 0 aliphatic heterocycles. The van der Waals surface area contributed by atoms with Crippen LogP contribution in [0, 0.1) is 22.2 Å². The predicted octanol–water partition coefficient (Wildman–Crippen LogP) is 7.28. The van der Waals surface area contributed by atoms with E-state index in [-0.39, 0.29) is 33.8 Å². The summed E-state index contributed by atoms with van der Waals surface area (Å²) in [6, 6.07) is 0. The highest BCUT2D eigenvalue weighted by molar-refractivity contribution is 6.06. The Balaban J connectivity index is 1.73. The van der Waals surface area contributed by atoms with Gasteiger partial charge < -0.3 is 10.4 Å². The molecule has 4 aliphatic carbocycles. The molecule has 2 N–H and O–H groups in total. The van der Waals surface area contributed by atoms with E-state index in [2.05, 4.69) is 52.1 Å². The van der Waals surface area contributed by atoms with Crippen molar-refractivity contribution in [3.8, 4) is 0 Å². The van der Waals surface area contributed by atoms with E-state index in [1.807, 2.05) is 6.92 Å². The summed E-state index contributed by atoms with van der Waals surface area (Å²) in [4.78, 5) is 24.2. The summed E-state index contributed by atoms with van der Waals surface area (Å²) in [5.41, 5.74) is 4.64. The van der Waals surface area contributed by atoms with Crippen molar-refractivity contribution in [2.45, 2.75) is 112 Å². The number of rotatable bonds is 3. The summed E-state index contributed by atoms with van der Waals surface area (Å²) in [6.45, 7) is 15.3. The Labute approximate surface area is 212 Å². The van der Waals surface area contributed by atoms with Crippen molar-refractivity contribution in [3.05, 3.63) is 46.3 Å². The summed E-state index contributed by atoms with van der Waals surface area (Å²) in [5, 5.41) is 13.6. The maximum absolute atomic E-state index is 12.1. The quantitative estimate of drug-likeness (QED) is 0.447. The lowest BCUT2D eigenvalue weighted by atomic mass is 9.38. The molecule has 0 bridgehead atoms. The Bertz CT molecular complexity index is 1060. The summed E-state index contributed by atoms with van der Waals surface area (Å²) in [6.07, 6.45) is 16.0. The average Bonchev–Trinajstić information content (AvgIpc) is 2.79. The van der Waals surface area contributed by atoms with E-state index in [1.54, 1.807) is 13.0 Å². The molecule has 0 saturated heterocycles. The molecule has 0 unspecified atom stereocenters. The Morgan fingerprint density at radius 2 is 1.80 bits per heavy atom. The molecule has 4 rings (SSSR count). The van der Waals surface area contributed by atoms with Gasteiger partial charge in [0, 0.05) is 18.0 Å². The maximum Gasteiger partial charge on any atom is 0.220 e. The molecule has 3 saturated carbocycles. The summed E-state index contributed by atoms with van der Waals surface area (Å²) >= 11 is 0. The van der Waals surface area contributed by atoms with Crippen molar-refractivity contribution in [3.63, 3.8) is 0 Å². The monoisotopic (exact) mass is 479 g/mol. The third-order valence-corrected chi connectivity index (χ3v) is 10.8. The van der Waals surface area contributed by atoms with Gasteiger partial charge in [-0.25, -0.2) is 0 Å². The van der Waals surface area contributed by atoms with E-state index >= 15 is 0 Å². The van der Waals surface area contributed by atoms with E-state index < -0.39 is 0 Å². The largest absolute Gasteiger partial charge is 0.504 e. The van der Waals surface area contributed by atoms with E-state index in [1.165, 1.54) is 37.7 Å². The average molecular weight is 480 g/mol. The molecule has 0 heterocycles. The van der Waals surface area contributed by atoms with Crippen molar-refractivity contribution in [1.29, 1.82) is 0 Å². The molecule has 0 aromatic rings. The van der Waals surface area contributed by atoms with Crippen LogP contribution in [0.25, 0.3) is 0 Å². The topological polar surface area (TPSA) is 66.4 Å². The molecule has 35 heavy (non-hydrogen) atoms. The van der Waals surface area contributed by atoms with Crippen LogP contribution in [-0.2, 0) is 9.59 Å². The Kier molecular flexibility index (Phi) is 6.52. The van der Waals surface area contributed by atoms with Crippen LogP contribution in [0.5, 0.6) is 0 Å². The first-order valence-electron chi connectivity index (χ1n) is 13.6. The second kappa shape index (κ2) is 8.78. The zero-order valence-electron chi connectivity index (χ0n) is 22.9. The molecule has 1 amide bonds. The summed E-state index contributed by atoms with van der Waals surface area (Å²) < 4.78 is 0. The van der Waals surface area contributed by atoms with Crippen LogP contribution in [0.15, 0.2) is 46.3 Å². The van der Waals surface area contributed by atoms with E-state index in [4.69, 9.17) is 0 Å². The van der Waals surface area contributed by atoms with Gasteiger partial charge >= 0.3 is 0 Å². The highest BCUT2D eigenvalue weighted by Crippen LogP contribution is 2.70. The minimum atomic E-state index is -0.285. The van der Waals surface area contributed by atoms with Crippen molar-refractivity contribution in [2.24, 2.45) is 22.2 Å². The molecular formula is C31H45NO3. The first-order chi connectivity index (χ1) is 16.3. The number of hydrogen-bond donors (Lipinski definition) is 2. The van der Waals surface area contributed by atoms with Gasteiger partial charge in [0.15, 0.2) is 5.76 Å². The van der Waals surface area contributed by atoms with Gasteiger partial charge in [-0.2, -0.15) is 0 Å². The van der Waals surface area contributed by atoms with Crippen molar-refractivity contribution in [1.82, 2.24) is 5.32 Å². The minimum absolute atomic E-state index is 0.0769. The summed E-state index contributed by atoms with van der Waals surface area (Å²) in [7, 11) is 0. The van der Waals surface area contributed by atoms with Gasteiger partial charge in [-0.3, -0.25) is 9.59 Å². The SMILES string of the molecule is CCC1=CC(=O)C(O)=C(C)/C1=C/C=C1\CCC[C@@]2(C)[C@@H]3C[C@](C)(NC(C)=O)CC[C@]3(C)CC[C@]12C. The fraction of sp³-hybridized carbons (Fsp3) is 0.677. The number of aliphatic hydroxyl groups excluding tert-OH is 1. The van der Waals surface area contributed by atoms with Gasteiger partial charge in [-0.05, 0) is 111 Å². The second-order valence-electron chi connectivity index (χ2n) is 12.9. The normalized spacial score (nSPS) is 42.0. The standard InChI is InChI=1S/C31H45NO3/c1-8-22-18-25(34)27(35)20(2)24(22)12-11-23-10-9-13-31(7)26-19-29(5,32-21(3)33)16-14-28(26,4)15-17-30(23,31)6/h11-12,18,26,35H,8-10,13-17,19H2,1-7H3,(H,32,33)/b23-11+,24-12-/t26-,28-,29-,30-,31+/m1/s1. The molecule has 0 radical (unpaired) electrons. The number of ketones is 1. The van der Waals surface area contributed by atoms with Crippen LogP contribution in [0.4, 0.5) is 0 Å². The van der Waals surface area contributed by atoms with Crippen LogP contribution in [0.1, 0.15) is 106 Å². The first-order valence-corrected chi connectivity index (χ1v) is 13.6. The lowest BCUT2D eigenvalue weighted by Crippen LogP contribution is -2.62. The smallest absolute Gasteiger partial charge is 0.220 e. The van der Waals surface area contributed by atoms with Gasteiger partial charge in [0.1, 0.15) is 0 Å². The Morgan fingerprint density at radius 3 is 2.46 bits per heavy atom. The number of carbonyl (C=O) groups excluding carboxylic acids is 2. The van der Waals surface area contributed by atoms with Crippen LogP contribution in [0.2, 0.25) is 0 Å². The van der Waals surface area contributed by atoms with E-state index in [0.717, 1.165) is 36.8 Å². The zero-order valence-corrected chi connectivity index (χ0v) is 22.9. The lowest BCUT2D eigenvalue weighted by Gasteiger charge is -2.67. The van der Waals surface area contributed by atoms with Crippen LogP contribution >= 0.6 is 0 Å². The molecule has 0 spiro atoms. The third-order valence-electron chi connectivity index (χ3n) is 10.8. The lowest BCUT2D eigenvalue weighted by molar-refractivity contribution is -0.147. The first kappa shape index (κ1) is 26.0. The number of hydrogen-bond acceptors (Lipinski definition) is 3. The molecular weight excluding hydrogens is 434 g/mol. The van der Waals surface area contributed by atoms with Gasteiger partial charge in [-0.1, -0.05) is 45.4 Å². The molecule has 3 fully saturated rings. The molecule has 0 aromatic heterocycles. The number of carbonyl (C=O) groups is 2. The maximum atomic E-state index is 12.1. The number of allylic oxidation sites excluding steroid dienone is 7. The Hall–Kier alpha value is -2.10. The van der Waals surface area contributed by atoms with Crippen molar-refractivity contribution < 1.29 is 14.7 Å². The fourth-order valence-electron chi connectivity index (χ4n) is 8.31. The number of aliphatic hydroxyl groups is 1. The van der Waals surface area contributed by atoms with Crippen molar-refractivity contribution >= 4 is 11.7 Å². The van der Waals surface area contributed by atoms with E-state index in [9.17, 15) is 14.7 Å². The van der Waals surface area contributed by atoms with Crippen LogP contribution < -0.4 is 5.32 Å². The highest BCUT2D eigenvalue weighted by Gasteiger charge is 2.63. The highest BCUT2D eigenvalue weighted by atomic mass is 16.3. The molecule has 5 atom stereocenters. The van der Waals surface area contributed by atoms with Gasteiger partial charge in [-0.15, -0.1) is 0 Å². The molecule has 4 aliphatic rings. The van der Waals surface area contributed by atoms with Gasteiger partial charge in [0.05, 0.1) is 0 Å². The molecule has 192 valence electrons. The summed E-state index contributed by atoms with van der Waals surface area (Å²) in [5.74, 6) is 0.222. The molecule has 4 nitrogen and oxygen atoms in total. The number of amides is 1. The van der Waals surface area contributed by atoms with Gasteiger partial charge in [0.2, 0.25) is 11.7 Å². The fourth-order valence-corrected chi connectivity index (χ4v) is 8.31. The third kappa shape index (κ3) is 4.15. The zero-order chi connectivity index (χ0) is 25.8. The Morgan fingerprint density at radius 1 is 1.11 bits per heavy atom. The second-order valence-corrected chi connectivity index (χ2v) is 12.9. The minimum Gasteiger partial charge on any atom is -0.504 e. The predicted molar refractivity (Wildman–Crippen MR) is 142 cm³/mol. The number of nitrogens with one attached hydrogen (secondary N) is 1. The number of fused-ring (bicyclic) bond motifs is 3. The van der Waals surface area contributed by atoms with E-state index in [0.29, 0.717) is 16.9 Å². The van der Waals surface area contributed by atoms with Crippen LogP contribution in [-0.4, -0.2) is 22.3 Å². The molecule has 0 aromatic carbocycles. The molecule has 4 heteroatoms.